The molecule has 0 amide bonds. The van der Waals surface area contributed by atoms with Gasteiger partial charge in [0.05, 0.1) is 12.3 Å². The van der Waals surface area contributed by atoms with Gasteiger partial charge in [0.25, 0.3) is 0 Å². The first-order chi connectivity index (χ1) is 8.33. The van der Waals surface area contributed by atoms with E-state index in [0.29, 0.717) is 18.8 Å². The maximum absolute atomic E-state index is 11.2. The summed E-state index contributed by atoms with van der Waals surface area (Å²) in [6.07, 6.45) is 7.13. The van der Waals surface area contributed by atoms with E-state index in [2.05, 4.69) is 30.7 Å². The average Bonchev–Trinajstić information content (AvgIpc) is 2.23. The Morgan fingerprint density at radius 3 is 2.67 bits per heavy atom. The van der Waals surface area contributed by atoms with Gasteiger partial charge in [-0.15, -0.1) is 0 Å². The molecule has 0 saturated carbocycles. The summed E-state index contributed by atoms with van der Waals surface area (Å²) in [5, 5.41) is 8.86. The Kier molecular flexibility index (Phi) is 4.97. The first-order valence-electron chi connectivity index (χ1n) is 6.09. The van der Waals surface area contributed by atoms with Crippen molar-refractivity contribution in [3.05, 3.63) is 23.4 Å². The van der Waals surface area contributed by atoms with Gasteiger partial charge < -0.3 is 0 Å². The fourth-order valence-electron chi connectivity index (χ4n) is 2.14. The molecular formula is C13H20N2O2S. The van der Waals surface area contributed by atoms with Crippen molar-refractivity contribution in [2.45, 2.75) is 33.1 Å². The van der Waals surface area contributed by atoms with Gasteiger partial charge in [-0.3, -0.25) is 4.72 Å². The number of nitriles is 1. The molecule has 0 aromatic carbocycles. The molecule has 1 aliphatic carbocycles. The number of hydrogen-bond acceptors (Lipinski definition) is 3. The molecule has 1 aliphatic rings. The summed E-state index contributed by atoms with van der Waals surface area (Å²) in [5.74, 6) is 0.538. The fourth-order valence-corrected chi connectivity index (χ4v) is 2.78. The van der Waals surface area contributed by atoms with Crippen LogP contribution in [0.25, 0.3) is 0 Å². The van der Waals surface area contributed by atoms with E-state index < -0.39 is 10.0 Å². The lowest BCUT2D eigenvalue weighted by atomic mass is 9.83. The molecule has 0 radical (unpaired) electrons. The topological polar surface area (TPSA) is 70.0 Å². The van der Waals surface area contributed by atoms with Gasteiger partial charge in [-0.2, -0.15) is 5.26 Å². The highest BCUT2D eigenvalue weighted by atomic mass is 32.2. The summed E-state index contributed by atoms with van der Waals surface area (Å²) in [7, 11) is -3.22. The monoisotopic (exact) mass is 268 g/mol. The third kappa shape index (κ3) is 4.53. The van der Waals surface area contributed by atoms with Gasteiger partial charge in [-0.1, -0.05) is 19.9 Å². The van der Waals surface area contributed by atoms with E-state index in [1.807, 2.05) is 6.08 Å². The maximum atomic E-state index is 11.2. The van der Waals surface area contributed by atoms with Crippen molar-refractivity contribution in [3.63, 3.8) is 0 Å². The zero-order chi connectivity index (χ0) is 13.8. The van der Waals surface area contributed by atoms with E-state index in [1.165, 1.54) is 0 Å². The molecule has 0 aromatic heterocycles. The number of rotatable bonds is 5. The fraction of sp³-hybridized carbons (Fsp3) is 0.615. The average molecular weight is 268 g/mol. The van der Waals surface area contributed by atoms with Crippen molar-refractivity contribution in [1.82, 2.24) is 4.72 Å². The van der Waals surface area contributed by atoms with Gasteiger partial charge in [0.15, 0.2) is 0 Å². The van der Waals surface area contributed by atoms with Crippen LogP contribution in [0.15, 0.2) is 23.4 Å². The summed E-state index contributed by atoms with van der Waals surface area (Å²) in [6, 6.07) is 2.20. The third-order valence-electron chi connectivity index (χ3n) is 3.00. The lowest BCUT2D eigenvalue weighted by Gasteiger charge is -2.23. The molecule has 0 aromatic rings. The Hall–Kier alpha value is -1.28. The van der Waals surface area contributed by atoms with Crippen LogP contribution in [0, 0.1) is 23.2 Å². The lowest BCUT2D eigenvalue weighted by molar-refractivity contribution is 0.455. The van der Waals surface area contributed by atoms with Gasteiger partial charge in [-0.05, 0) is 36.3 Å². The molecule has 0 aliphatic heterocycles. The van der Waals surface area contributed by atoms with Crippen LogP contribution in [0.2, 0.25) is 0 Å². The van der Waals surface area contributed by atoms with E-state index in [4.69, 9.17) is 5.26 Å². The number of hydrogen-bond donors (Lipinski definition) is 1. The maximum Gasteiger partial charge on any atom is 0.229 e. The van der Waals surface area contributed by atoms with Crippen LogP contribution in [-0.4, -0.2) is 14.7 Å². The van der Waals surface area contributed by atoms with Crippen molar-refractivity contribution in [1.29, 1.82) is 5.26 Å². The number of nitrogens with zero attached hydrogens (tertiary/aromatic N) is 1. The third-order valence-corrected chi connectivity index (χ3v) is 3.63. The molecule has 1 atom stereocenters. The summed E-state index contributed by atoms with van der Waals surface area (Å²) < 4.78 is 25.0. The van der Waals surface area contributed by atoms with Gasteiger partial charge in [0, 0.05) is 12.1 Å². The first-order valence-corrected chi connectivity index (χ1v) is 7.98. The van der Waals surface area contributed by atoms with Crippen LogP contribution >= 0.6 is 0 Å². The van der Waals surface area contributed by atoms with Crippen molar-refractivity contribution in [2.75, 3.05) is 6.26 Å². The molecule has 5 heteroatoms. The Morgan fingerprint density at radius 2 is 2.17 bits per heavy atom. The van der Waals surface area contributed by atoms with Crippen molar-refractivity contribution in [2.24, 2.45) is 11.8 Å². The minimum atomic E-state index is -3.22. The summed E-state index contributed by atoms with van der Waals surface area (Å²) in [5.41, 5.74) is 1.79. The Labute approximate surface area is 109 Å². The molecule has 0 bridgehead atoms. The van der Waals surface area contributed by atoms with E-state index in [1.54, 1.807) is 0 Å². The van der Waals surface area contributed by atoms with Crippen molar-refractivity contribution in [3.8, 4) is 6.07 Å². The minimum absolute atomic E-state index is 0.173. The number of nitrogens with one attached hydrogen (secondary N) is 1. The van der Waals surface area contributed by atoms with Crippen LogP contribution in [0.5, 0.6) is 0 Å². The highest BCUT2D eigenvalue weighted by Gasteiger charge is 2.19. The molecule has 100 valence electrons. The van der Waals surface area contributed by atoms with Gasteiger partial charge in [-0.25, -0.2) is 8.42 Å². The van der Waals surface area contributed by atoms with E-state index in [0.717, 1.165) is 23.9 Å². The molecule has 0 fully saturated rings. The Balaban J connectivity index is 2.90. The van der Waals surface area contributed by atoms with Gasteiger partial charge in [0.1, 0.15) is 0 Å². The van der Waals surface area contributed by atoms with Gasteiger partial charge >= 0.3 is 0 Å². The number of sulfonamides is 1. The molecule has 0 heterocycles. The second-order valence-corrected chi connectivity index (χ2v) is 6.75. The predicted octanol–water partition coefficient (Wildman–Crippen LogP) is 2.33. The summed E-state index contributed by atoms with van der Waals surface area (Å²) >= 11 is 0. The highest BCUT2D eigenvalue weighted by molar-refractivity contribution is 7.88. The number of allylic oxidation sites excluding steroid dienone is 4. The Morgan fingerprint density at radius 1 is 1.50 bits per heavy atom. The molecule has 4 nitrogen and oxygen atoms in total. The zero-order valence-corrected chi connectivity index (χ0v) is 11.9. The molecule has 1 unspecified atom stereocenters. The van der Waals surface area contributed by atoms with E-state index >= 15 is 0 Å². The predicted molar refractivity (Wildman–Crippen MR) is 71.9 cm³/mol. The normalized spacial score (nSPS) is 17.7. The zero-order valence-electron chi connectivity index (χ0n) is 11.1. The van der Waals surface area contributed by atoms with Crippen LogP contribution in [0.4, 0.5) is 0 Å². The molecule has 0 saturated heterocycles. The smallest absolute Gasteiger partial charge is 0.229 e. The van der Waals surface area contributed by atoms with E-state index in [9.17, 15) is 8.42 Å². The largest absolute Gasteiger partial charge is 0.288 e. The second kappa shape index (κ2) is 6.05. The first kappa shape index (κ1) is 14.8. The van der Waals surface area contributed by atoms with Crippen molar-refractivity contribution >= 4 is 10.0 Å². The van der Waals surface area contributed by atoms with Crippen LogP contribution in [-0.2, 0) is 10.0 Å². The second-order valence-electron chi connectivity index (χ2n) is 5.00. The van der Waals surface area contributed by atoms with Crippen LogP contribution in [0.3, 0.4) is 0 Å². The molecule has 18 heavy (non-hydrogen) atoms. The van der Waals surface area contributed by atoms with Crippen LogP contribution < -0.4 is 4.72 Å². The lowest BCUT2D eigenvalue weighted by Crippen LogP contribution is -2.23. The van der Waals surface area contributed by atoms with Gasteiger partial charge in [0.2, 0.25) is 10.0 Å². The summed E-state index contributed by atoms with van der Waals surface area (Å²) in [6.45, 7) is 4.16. The Bertz CT molecular complexity index is 496. The van der Waals surface area contributed by atoms with Crippen molar-refractivity contribution < 1.29 is 8.42 Å². The standard InChI is InChI=1S/C13H20N2O2S/c1-10(2)13(7-8-14)11-5-4-6-12(9-11)15-18(3,16)17/h5,9-10,13,15H,4,6-7H2,1-3H3. The highest BCUT2D eigenvalue weighted by Crippen LogP contribution is 2.29. The summed E-state index contributed by atoms with van der Waals surface area (Å²) in [4.78, 5) is 0. The minimum Gasteiger partial charge on any atom is -0.288 e. The molecule has 1 rings (SSSR count). The molecular weight excluding hydrogens is 248 g/mol. The molecule has 1 N–H and O–H groups in total. The SMILES string of the molecule is CC(C)C(CC#N)C1=CCCC(NS(C)(=O)=O)=C1. The quantitative estimate of drug-likeness (QED) is 0.832. The van der Waals surface area contributed by atoms with E-state index in [-0.39, 0.29) is 5.92 Å². The van der Waals surface area contributed by atoms with Crippen LogP contribution in [0.1, 0.15) is 33.1 Å². The molecule has 0 spiro atoms.